The number of benzene rings is 1. The van der Waals surface area contributed by atoms with Crippen LogP contribution in [0.1, 0.15) is 32.4 Å². The average Bonchev–Trinajstić information content (AvgIpc) is 2.43. The summed E-state index contributed by atoms with van der Waals surface area (Å²) in [7, 11) is 3.13. The zero-order chi connectivity index (χ0) is 15.3. The van der Waals surface area contributed by atoms with Crippen LogP contribution in [0, 0.1) is 11.2 Å². The van der Waals surface area contributed by atoms with Gasteiger partial charge in [-0.05, 0) is 45.5 Å². The standard InChI is InChI=1S/C15H22FNO3/c1-10(17-4)11-6-7-13(12(16)8-11)20-9-15(2,3)14(18)19-5/h6-8,10,17H,9H2,1-5H3. The molecular formula is C15H22FNO3. The predicted octanol–water partition coefficient (Wildman–Crippen LogP) is 2.68. The Morgan fingerprint density at radius 2 is 2.10 bits per heavy atom. The molecular weight excluding hydrogens is 261 g/mol. The molecule has 0 aliphatic rings. The number of hydrogen-bond acceptors (Lipinski definition) is 4. The quantitative estimate of drug-likeness (QED) is 0.815. The van der Waals surface area contributed by atoms with Gasteiger partial charge in [-0.15, -0.1) is 0 Å². The van der Waals surface area contributed by atoms with Crippen molar-refractivity contribution in [3.8, 4) is 5.75 Å². The van der Waals surface area contributed by atoms with Gasteiger partial charge < -0.3 is 14.8 Å². The van der Waals surface area contributed by atoms with Gasteiger partial charge in [-0.25, -0.2) is 4.39 Å². The Kier molecular flexibility index (Phi) is 5.51. The highest BCUT2D eigenvalue weighted by atomic mass is 19.1. The number of esters is 1. The molecule has 1 atom stereocenters. The average molecular weight is 283 g/mol. The van der Waals surface area contributed by atoms with Gasteiger partial charge in [0.25, 0.3) is 0 Å². The van der Waals surface area contributed by atoms with Crippen LogP contribution in [0.15, 0.2) is 18.2 Å². The minimum atomic E-state index is -0.821. The zero-order valence-electron chi connectivity index (χ0n) is 12.6. The molecule has 0 aliphatic carbocycles. The molecule has 1 rings (SSSR count). The summed E-state index contributed by atoms with van der Waals surface area (Å²) in [5.41, 5.74) is 0.0163. The van der Waals surface area contributed by atoms with Crippen LogP contribution in [0.25, 0.3) is 0 Å². The van der Waals surface area contributed by atoms with Gasteiger partial charge >= 0.3 is 5.97 Å². The predicted molar refractivity (Wildman–Crippen MR) is 75.2 cm³/mol. The van der Waals surface area contributed by atoms with E-state index in [9.17, 15) is 9.18 Å². The number of rotatable bonds is 6. The first-order valence-corrected chi connectivity index (χ1v) is 6.49. The molecule has 1 N–H and O–H groups in total. The fraction of sp³-hybridized carbons (Fsp3) is 0.533. The third-order valence-electron chi connectivity index (χ3n) is 3.22. The van der Waals surface area contributed by atoms with Crippen molar-refractivity contribution in [1.29, 1.82) is 0 Å². The highest BCUT2D eigenvalue weighted by Gasteiger charge is 2.30. The van der Waals surface area contributed by atoms with E-state index in [-0.39, 0.29) is 18.4 Å². The zero-order valence-corrected chi connectivity index (χ0v) is 12.6. The number of nitrogens with one attached hydrogen (secondary N) is 1. The van der Waals surface area contributed by atoms with Crippen LogP contribution in [0.2, 0.25) is 0 Å². The largest absolute Gasteiger partial charge is 0.489 e. The number of ether oxygens (including phenoxy) is 2. The molecule has 0 bridgehead atoms. The molecule has 0 saturated heterocycles. The molecule has 0 aliphatic heterocycles. The van der Waals surface area contributed by atoms with Crippen molar-refractivity contribution in [2.24, 2.45) is 5.41 Å². The number of methoxy groups -OCH3 is 1. The Bertz CT molecular complexity index is 474. The van der Waals surface area contributed by atoms with Gasteiger partial charge in [-0.3, -0.25) is 4.79 Å². The second kappa shape index (κ2) is 6.70. The summed E-state index contributed by atoms with van der Waals surface area (Å²) in [6, 6.07) is 4.86. The van der Waals surface area contributed by atoms with Crippen LogP contribution in [0.5, 0.6) is 5.75 Å². The Hall–Kier alpha value is -1.62. The molecule has 0 radical (unpaired) electrons. The van der Waals surface area contributed by atoms with Gasteiger partial charge in [0.15, 0.2) is 11.6 Å². The molecule has 0 fully saturated rings. The van der Waals surface area contributed by atoms with Crippen LogP contribution in [0.4, 0.5) is 4.39 Å². The second-order valence-corrected chi connectivity index (χ2v) is 5.36. The van der Waals surface area contributed by atoms with Gasteiger partial charge in [0.1, 0.15) is 6.61 Å². The Morgan fingerprint density at radius 3 is 2.60 bits per heavy atom. The smallest absolute Gasteiger partial charge is 0.314 e. The summed E-state index contributed by atoms with van der Waals surface area (Å²) < 4.78 is 24.0. The van der Waals surface area contributed by atoms with Crippen molar-refractivity contribution in [2.75, 3.05) is 20.8 Å². The van der Waals surface area contributed by atoms with E-state index in [0.29, 0.717) is 0 Å². The van der Waals surface area contributed by atoms with Crippen LogP contribution in [-0.4, -0.2) is 26.7 Å². The third kappa shape index (κ3) is 3.93. The van der Waals surface area contributed by atoms with Crippen LogP contribution < -0.4 is 10.1 Å². The number of carbonyl (C=O) groups excluding carboxylic acids is 1. The highest BCUT2D eigenvalue weighted by molar-refractivity contribution is 5.75. The molecule has 1 unspecified atom stereocenters. The summed E-state index contributed by atoms with van der Waals surface area (Å²) in [4.78, 5) is 11.5. The van der Waals surface area contributed by atoms with Gasteiger partial charge in [-0.1, -0.05) is 6.07 Å². The van der Waals surface area contributed by atoms with Crippen LogP contribution >= 0.6 is 0 Å². The lowest BCUT2D eigenvalue weighted by Gasteiger charge is -2.22. The molecule has 0 amide bonds. The molecule has 1 aromatic carbocycles. The maximum Gasteiger partial charge on any atom is 0.314 e. The lowest BCUT2D eigenvalue weighted by atomic mass is 9.95. The number of hydrogen-bond donors (Lipinski definition) is 1. The number of halogens is 1. The minimum absolute atomic E-state index is 0.0531. The molecule has 0 aromatic heterocycles. The third-order valence-corrected chi connectivity index (χ3v) is 3.22. The Morgan fingerprint density at radius 1 is 1.45 bits per heavy atom. The van der Waals surface area contributed by atoms with Crippen molar-refractivity contribution in [1.82, 2.24) is 5.32 Å². The van der Waals surface area contributed by atoms with Crippen molar-refractivity contribution in [3.05, 3.63) is 29.6 Å². The van der Waals surface area contributed by atoms with E-state index in [1.165, 1.54) is 13.2 Å². The van der Waals surface area contributed by atoms with E-state index in [1.807, 2.05) is 14.0 Å². The van der Waals surface area contributed by atoms with E-state index in [2.05, 4.69) is 10.1 Å². The topological polar surface area (TPSA) is 47.6 Å². The van der Waals surface area contributed by atoms with Crippen molar-refractivity contribution in [2.45, 2.75) is 26.8 Å². The normalized spacial score (nSPS) is 12.9. The Labute approximate surface area is 119 Å². The monoisotopic (exact) mass is 283 g/mol. The fourth-order valence-corrected chi connectivity index (χ4v) is 1.66. The fourth-order valence-electron chi connectivity index (χ4n) is 1.66. The molecule has 20 heavy (non-hydrogen) atoms. The maximum atomic E-state index is 13.9. The van der Waals surface area contributed by atoms with Crippen molar-refractivity contribution in [3.63, 3.8) is 0 Å². The Balaban J connectivity index is 2.77. The summed E-state index contributed by atoms with van der Waals surface area (Å²) in [5, 5.41) is 3.04. The van der Waals surface area contributed by atoms with Crippen LogP contribution in [-0.2, 0) is 9.53 Å². The van der Waals surface area contributed by atoms with E-state index in [1.54, 1.807) is 26.0 Å². The first kappa shape index (κ1) is 16.4. The summed E-state index contributed by atoms with van der Waals surface area (Å²) in [6.07, 6.45) is 0. The van der Waals surface area contributed by atoms with E-state index in [4.69, 9.17) is 4.74 Å². The van der Waals surface area contributed by atoms with Crippen molar-refractivity contribution >= 4 is 5.97 Å². The minimum Gasteiger partial charge on any atom is -0.489 e. The molecule has 112 valence electrons. The van der Waals surface area contributed by atoms with Gasteiger partial charge in [-0.2, -0.15) is 0 Å². The highest BCUT2D eigenvalue weighted by Crippen LogP contribution is 2.25. The van der Waals surface area contributed by atoms with Gasteiger partial charge in [0.2, 0.25) is 0 Å². The number of carbonyl (C=O) groups is 1. The summed E-state index contributed by atoms with van der Waals surface area (Å²) >= 11 is 0. The SMILES string of the molecule is CNC(C)c1ccc(OCC(C)(C)C(=O)OC)c(F)c1. The van der Waals surface area contributed by atoms with Gasteiger partial charge in [0.05, 0.1) is 12.5 Å². The molecule has 5 heteroatoms. The molecule has 1 aromatic rings. The maximum absolute atomic E-state index is 13.9. The first-order valence-electron chi connectivity index (χ1n) is 6.49. The van der Waals surface area contributed by atoms with Gasteiger partial charge in [0, 0.05) is 6.04 Å². The summed E-state index contributed by atoms with van der Waals surface area (Å²) in [5.74, 6) is -0.697. The second-order valence-electron chi connectivity index (χ2n) is 5.36. The van der Waals surface area contributed by atoms with Crippen LogP contribution in [0.3, 0.4) is 0 Å². The molecule has 0 saturated carbocycles. The van der Waals surface area contributed by atoms with Crippen molar-refractivity contribution < 1.29 is 18.7 Å². The van der Waals surface area contributed by atoms with E-state index >= 15 is 0 Å². The van der Waals surface area contributed by atoms with E-state index < -0.39 is 17.2 Å². The summed E-state index contributed by atoms with van der Waals surface area (Å²) in [6.45, 7) is 5.37. The molecule has 4 nitrogen and oxygen atoms in total. The molecule has 0 heterocycles. The van der Waals surface area contributed by atoms with E-state index in [0.717, 1.165) is 5.56 Å². The molecule has 0 spiro atoms. The lowest BCUT2D eigenvalue weighted by Crippen LogP contribution is -2.32. The lowest BCUT2D eigenvalue weighted by molar-refractivity contribution is -0.152. The first-order chi connectivity index (χ1) is 9.31.